The zero-order valence-corrected chi connectivity index (χ0v) is 30.3. The molecular weight excluding hydrogens is 579 g/mol. The van der Waals surface area contributed by atoms with E-state index in [4.69, 9.17) is 0 Å². The Bertz CT molecular complexity index is 1150. The molecule has 0 unspecified atom stereocenters. The average Bonchev–Trinajstić information content (AvgIpc) is 3.32. The summed E-state index contributed by atoms with van der Waals surface area (Å²) >= 11 is 1.94. The van der Waals surface area contributed by atoms with Gasteiger partial charge < -0.3 is 5.53 Å². The Morgan fingerprint density at radius 3 is 1.34 bits per heavy atom. The first-order chi connectivity index (χ1) is 21.6. The van der Waals surface area contributed by atoms with Gasteiger partial charge in [-0.15, -0.1) is 0 Å². The molecule has 0 N–H and O–H groups in total. The van der Waals surface area contributed by atoms with Crippen molar-refractivity contribution in [1.82, 2.24) is 0 Å². The summed E-state index contributed by atoms with van der Waals surface area (Å²) in [6.45, 7) is 13.5. The van der Waals surface area contributed by atoms with Gasteiger partial charge in [-0.2, -0.15) is 0 Å². The Balaban J connectivity index is 0.000000651. The predicted octanol–water partition coefficient (Wildman–Crippen LogP) is 13.8. The van der Waals surface area contributed by atoms with Crippen LogP contribution in [0.4, 0.5) is 0 Å². The first-order valence-electron chi connectivity index (χ1n) is 18.1. The van der Waals surface area contributed by atoms with Gasteiger partial charge in [0, 0.05) is 22.3 Å². The van der Waals surface area contributed by atoms with Crippen molar-refractivity contribution >= 4 is 11.4 Å². The monoisotopic (exact) mass is 642 g/mol. The SMILES string of the molecule is CCCCCC1=C(c2cccc(CCCC)c2)[N+](=[N-])C(c2cccc(CCCC)c2)=C1CCCC.CCC[CH2][Ni][CH2]CCC. The van der Waals surface area contributed by atoms with Gasteiger partial charge in [-0.1, -0.05) is 84.1 Å². The van der Waals surface area contributed by atoms with E-state index < -0.39 is 0 Å². The summed E-state index contributed by atoms with van der Waals surface area (Å²) in [5.41, 5.74) is 21.6. The molecule has 2 nitrogen and oxygen atoms in total. The average molecular weight is 644 g/mol. The van der Waals surface area contributed by atoms with Crippen molar-refractivity contribution in [2.24, 2.45) is 0 Å². The molecule has 0 bridgehead atoms. The Morgan fingerprint density at radius 2 is 0.909 bits per heavy atom. The summed E-state index contributed by atoms with van der Waals surface area (Å²) in [7, 11) is 0. The molecule has 0 aromatic heterocycles. The van der Waals surface area contributed by atoms with Crippen LogP contribution in [0.15, 0.2) is 59.7 Å². The van der Waals surface area contributed by atoms with Gasteiger partial charge in [0.1, 0.15) is 0 Å². The van der Waals surface area contributed by atoms with Gasteiger partial charge in [-0.3, -0.25) is 0 Å². The van der Waals surface area contributed by atoms with E-state index in [1.54, 1.807) is 4.70 Å². The van der Waals surface area contributed by atoms with Crippen LogP contribution in [-0.2, 0) is 27.3 Å². The number of unbranched alkanes of at least 4 members (excludes halogenated alkanes) is 7. The molecule has 0 atom stereocenters. The predicted molar refractivity (Wildman–Crippen MR) is 191 cm³/mol. The zero-order chi connectivity index (χ0) is 32.0. The van der Waals surface area contributed by atoms with Gasteiger partial charge >= 0.3 is 64.8 Å². The van der Waals surface area contributed by atoms with E-state index in [9.17, 15) is 5.53 Å². The van der Waals surface area contributed by atoms with E-state index in [0.717, 1.165) is 67.5 Å². The van der Waals surface area contributed by atoms with E-state index in [1.165, 1.54) is 97.3 Å². The third kappa shape index (κ3) is 12.8. The van der Waals surface area contributed by atoms with E-state index in [0.29, 0.717) is 0 Å². The molecular formula is C41H64N2Ni. The summed E-state index contributed by atoms with van der Waals surface area (Å²) in [4.78, 5) is 0. The van der Waals surface area contributed by atoms with E-state index in [2.05, 4.69) is 90.1 Å². The number of nitrogens with zero attached hydrogens (tertiary/aromatic N) is 2. The normalized spacial score (nSPS) is 13.2. The fraction of sp³-hybridized carbons (Fsp3) is 0.610. The van der Waals surface area contributed by atoms with Gasteiger partial charge in [0.2, 0.25) is 11.4 Å². The van der Waals surface area contributed by atoms with E-state index in [1.807, 2.05) is 14.4 Å². The fourth-order valence-electron chi connectivity index (χ4n) is 5.66. The fourth-order valence-corrected chi connectivity index (χ4v) is 7.10. The number of rotatable bonds is 21. The van der Waals surface area contributed by atoms with Gasteiger partial charge in [0.05, 0.1) is 0 Å². The summed E-state index contributed by atoms with van der Waals surface area (Å²) in [5, 5.41) is 2.78. The van der Waals surface area contributed by atoms with Gasteiger partial charge in [-0.05, 0) is 86.8 Å². The van der Waals surface area contributed by atoms with Crippen molar-refractivity contribution < 1.29 is 19.1 Å². The second kappa shape index (κ2) is 23.4. The molecule has 3 heteroatoms. The molecule has 44 heavy (non-hydrogen) atoms. The Labute approximate surface area is 278 Å². The second-order valence-corrected chi connectivity index (χ2v) is 13.8. The van der Waals surface area contributed by atoms with Gasteiger partial charge in [0.15, 0.2) is 0 Å². The molecule has 1 heterocycles. The van der Waals surface area contributed by atoms with Crippen molar-refractivity contribution in [2.75, 3.05) is 0 Å². The molecule has 1 aliphatic heterocycles. The Kier molecular flexibility index (Phi) is 20.3. The zero-order valence-electron chi connectivity index (χ0n) is 29.3. The summed E-state index contributed by atoms with van der Waals surface area (Å²) in [6.07, 6.45) is 20.4. The van der Waals surface area contributed by atoms with Crippen LogP contribution in [0.5, 0.6) is 0 Å². The maximum absolute atomic E-state index is 11.8. The molecule has 0 amide bonds. The molecule has 248 valence electrons. The molecule has 0 aliphatic carbocycles. The van der Waals surface area contributed by atoms with E-state index in [-0.39, 0.29) is 0 Å². The van der Waals surface area contributed by atoms with Crippen molar-refractivity contribution in [3.05, 3.63) is 87.5 Å². The summed E-state index contributed by atoms with van der Waals surface area (Å²) in [6, 6.07) is 17.8. The van der Waals surface area contributed by atoms with Crippen LogP contribution < -0.4 is 0 Å². The van der Waals surface area contributed by atoms with Crippen molar-refractivity contribution in [3.63, 3.8) is 0 Å². The van der Waals surface area contributed by atoms with Crippen LogP contribution in [0.1, 0.15) is 160 Å². The summed E-state index contributed by atoms with van der Waals surface area (Å²) < 4.78 is 1.55. The standard InChI is InChI=1S/C33H46N2.2C4H9.Ni/c1-5-9-13-23-31-30(22-12-8-4)32(28-20-14-18-26(24-28)16-10-6-2)35(34)33(31)29-21-15-19-27(25-29)17-11-7-3;2*1-3-4-2;/h14-15,18-21,24-25H,5-13,16-17,22-23H2,1-4H3;2*1,3-4H2,2H3;. The van der Waals surface area contributed by atoms with Crippen LogP contribution in [0.2, 0.25) is 10.8 Å². The molecule has 0 spiro atoms. The second-order valence-electron chi connectivity index (χ2n) is 12.3. The Hall–Kier alpha value is -1.99. The van der Waals surface area contributed by atoms with E-state index >= 15 is 0 Å². The first-order valence-corrected chi connectivity index (χ1v) is 19.5. The van der Waals surface area contributed by atoms with Crippen LogP contribution in [0.25, 0.3) is 16.9 Å². The topological polar surface area (TPSA) is 25.3 Å². The van der Waals surface area contributed by atoms with Crippen LogP contribution in [0, 0.1) is 0 Å². The Morgan fingerprint density at radius 1 is 0.500 bits per heavy atom. The van der Waals surface area contributed by atoms with Gasteiger partial charge in [0.25, 0.3) is 0 Å². The third-order valence-corrected chi connectivity index (χ3v) is 9.76. The maximum atomic E-state index is 11.8. The number of aryl methyl sites for hydroxylation is 2. The minimum absolute atomic E-state index is 1.01. The molecule has 2 aromatic rings. The molecule has 0 saturated heterocycles. The molecule has 0 radical (unpaired) electrons. The van der Waals surface area contributed by atoms with Crippen LogP contribution in [0.3, 0.4) is 0 Å². The van der Waals surface area contributed by atoms with Crippen LogP contribution >= 0.6 is 0 Å². The number of hydrogen-bond donors (Lipinski definition) is 0. The van der Waals surface area contributed by atoms with Crippen molar-refractivity contribution in [1.29, 1.82) is 0 Å². The quantitative estimate of drug-likeness (QED) is 0.0735. The van der Waals surface area contributed by atoms with Crippen molar-refractivity contribution in [3.8, 4) is 0 Å². The minimum atomic E-state index is 1.01. The van der Waals surface area contributed by atoms with Crippen molar-refractivity contribution in [2.45, 2.75) is 161 Å². The van der Waals surface area contributed by atoms with Crippen LogP contribution in [-0.4, -0.2) is 4.70 Å². The first kappa shape index (κ1) is 38.2. The molecule has 0 fully saturated rings. The number of benzene rings is 2. The summed E-state index contributed by atoms with van der Waals surface area (Å²) in [5.74, 6) is 0. The molecule has 1 aliphatic rings. The molecule has 3 rings (SSSR count). The third-order valence-electron chi connectivity index (χ3n) is 8.36. The van der Waals surface area contributed by atoms with Gasteiger partial charge in [-0.25, -0.2) is 4.70 Å². The number of hydrogen-bond acceptors (Lipinski definition) is 0. The number of allylic oxidation sites excluding steroid dienone is 2. The molecule has 0 saturated carbocycles. The molecule has 2 aromatic carbocycles.